The number of methoxy groups -OCH3 is 1. The van der Waals surface area contributed by atoms with E-state index in [-0.39, 0.29) is 10.7 Å². The Morgan fingerprint density at radius 2 is 1.75 bits per heavy atom. The van der Waals surface area contributed by atoms with Crippen molar-refractivity contribution in [2.45, 2.75) is 50.3 Å². The van der Waals surface area contributed by atoms with Gasteiger partial charge >= 0.3 is 5.97 Å². The average Bonchev–Trinajstić information content (AvgIpc) is 2.35. The molecule has 0 saturated heterocycles. The van der Waals surface area contributed by atoms with Crippen LogP contribution in [-0.2, 0) is 9.53 Å². The molecule has 2 N–H and O–H groups in total. The summed E-state index contributed by atoms with van der Waals surface area (Å²) in [5.74, 6) is -0.291. The summed E-state index contributed by atoms with van der Waals surface area (Å²) in [4.78, 5) is 13.1. The summed E-state index contributed by atoms with van der Waals surface area (Å²) in [6, 6.07) is 7.59. The van der Waals surface area contributed by atoms with Crippen LogP contribution in [0.2, 0.25) is 0 Å². The zero-order valence-corrected chi connectivity index (χ0v) is 14.0. The largest absolute Gasteiger partial charge is 0.469 e. The smallest absolute Gasteiger partial charge is 0.313 e. The van der Waals surface area contributed by atoms with Crippen molar-refractivity contribution in [3.63, 3.8) is 0 Å². The first-order valence-electron chi connectivity index (χ1n) is 6.71. The van der Waals surface area contributed by atoms with Crippen LogP contribution < -0.4 is 5.73 Å². The van der Waals surface area contributed by atoms with Crippen molar-refractivity contribution in [3.05, 3.63) is 29.8 Å². The second-order valence-electron chi connectivity index (χ2n) is 6.44. The van der Waals surface area contributed by atoms with Gasteiger partial charge in [0.15, 0.2) is 0 Å². The van der Waals surface area contributed by atoms with Gasteiger partial charge in [0, 0.05) is 15.7 Å². The van der Waals surface area contributed by atoms with E-state index in [0.29, 0.717) is 0 Å². The number of thioether (sulfide) groups is 1. The molecule has 0 aliphatic carbocycles. The molecule has 1 atom stereocenters. The Kier molecular flexibility index (Phi) is 5.27. The Morgan fingerprint density at radius 3 is 2.25 bits per heavy atom. The number of hydrogen-bond donors (Lipinski definition) is 1. The standard InChI is InChI=1S/C16H25NO2S/c1-15(2,3)20-12-10-8-7-9-11(12)13(17)16(4,5)14(18)19-6/h7-10,13H,17H2,1-6H3/t13-/m0/s1. The van der Waals surface area contributed by atoms with Gasteiger partial charge in [0.2, 0.25) is 0 Å². The van der Waals surface area contributed by atoms with Crippen molar-refractivity contribution in [2.24, 2.45) is 11.1 Å². The lowest BCUT2D eigenvalue weighted by Gasteiger charge is -2.31. The molecule has 0 heterocycles. The number of hydrogen-bond acceptors (Lipinski definition) is 4. The van der Waals surface area contributed by atoms with Crippen LogP contribution in [-0.4, -0.2) is 17.8 Å². The summed E-state index contributed by atoms with van der Waals surface area (Å²) in [5.41, 5.74) is 6.58. The van der Waals surface area contributed by atoms with Gasteiger partial charge in [-0.1, -0.05) is 39.0 Å². The van der Waals surface area contributed by atoms with Crippen LogP contribution in [0.1, 0.15) is 46.2 Å². The van der Waals surface area contributed by atoms with Crippen LogP contribution in [0, 0.1) is 5.41 Å². The molecule has 0 aliphatic heterocycles. The molecule has 1 aromatic rings. The number of nitrogens with two attached hydrogens (primary N) is 1. The normalized spacial score (nSPS) is 13.9. The first kappa shape index (κ1) is 17.1. The van der Waals surface area contributed by atoms with E-state index >= 15 is 0 Å². The van der Waals surface area contributed by atoms with Crippen molar-refractivity contribution >= 4 is 17.7 Å². The van der Waals surface area contributed by atoms with E-state index < -0.39 is 11.5 Å². The van der Waals surface area contributed by atoms with Gasteiger partial charge in [0.25, 0.3) is 0 Å². The molecule has 1 rings (SSSR count). The lowest BCUT2D eigenvalue weighted by atomic mass is 9.81. The number of esters is 1. The van der Waals surface area contributed by atoms with E-state index in [1.54, 1.807) is 11.8 Å². The second-order valence-corrected chi connectivity index (χ2v) is 8.31. The predicted octanol–water partition coefficient (Wildman–Crippen LogP) is 3.78. The maximum atomic E-state index is 11.9. The van der Waals surface area contributed by atoms with Crippen molar-refractivity contribution < 1.29 is 9.53 Å². The molecule has 0 unspecified atom stereocenters. The van der Waals surface area contributed by atoms with Crippen molar-refractivity contribution in [3.8, 4) is 0 Å². The van der Waals surface area contributed by atoms with Crippen LogP contribution in [0.15, 0.2) is 29.2 Å². The van der Waals surface area contributed by atoms with E-state index in [2.05, 4.69) is 26.8 Å². The zero-order chi connectivity index (χ0) is 15.6. The summed E-state index contributed by atoms with van der Waals surface area (Å²) in [5, 5.41) is 0. The van der Waals surface area contributed by atoms with Crippen LogP contribution >= 0.6 is 11.8 Å². The van der Waals surface area contributed by atoms with E-state index in [0.717, 1.165) is 10.5 Å². The summed E-state index contributed by atoms with van der Waals surface area (Å²) >= 11 is 1.76. The first-order valence-corrected chi connectivity index (χ1v) is 7.53. The highest BCUT2D eigenvalue weighted by Gasteiger charge is 2.37. The molecule has 0 aromatic heterocycles. The molecule has 0 bridgehead atoms. The van der Waals surface area contributed by atoms with Crippen LogP contribution in [0.4, 0.5) is 0 Å². The summed E-state index contributed by atoms with van der Waals surface area (Å²) in [7, 11) is 1.40. The lowest BCUT2D eigenvalue weighted by Crippen LogP contribution is -2.37. The van der Waals surface area contributed by atoms with Gasteiger partial charge in [-0.3, -0.25) is 4.79 Å². The molecule has 0 fully saturated rings. The van der Waals surface area contributed by atoms with Gasteiger partial charge in [-0.05, 0) is 25.5 Å². The highest BCUT2D eigenvalue weighted by molar-refractivity contribution is 8.00. The summed E-state index contributed by atoms with van der Waals surface area (Å²) in [6.45, 7) is 10.1. The molecule has 4 heteroatoms. The molecular weight excluding hydrogens is 270 g/mol. The average molecular weight is 295 g/mol. The molecule has 0 spiro atoms. The molecule has 0 saturated carbocycles. The third-order valence-electron chi connectivity index (χ3n) is 3.16. The van der Waals surface area contributed by atoms with Gasteiger partial charge in [0.05, 0.1) is 12.5 Å². The molecule has 112 valence electrons. The van der Waals surface area contributed by atoms with Gasteiger partial charge in [-0.15, -0.1) is 11.8 Å². The minimum atomic E-state index is -0.761. The van der Waals surface area contributed by atoms with Crippen molar-refractivity contribution in [1.29, 1.82) is 0 Å². The number of carbonyl (C=O) groups is 1. The minimum Gasteiger partial charge on any atom is -0.469 e. The quantitative estimate of drug-likeness (QED) is 0.678. The summed E-state index contributed by atoms with van der Waals surface area (Å²) < 4.78 is 4.96. The third kappa shape index (κ3) is 4.00. The molecule has 20 heavy (non-hydrogen) atoms. The fraction of sp³-hybridized carbons (Fsp3) is 0.562. The monoisotopic (exact) mass is 295 g/mol. The number of ether oxygens (including phenoxy) is 1. The highest BCUT2D eigenvalue weighted by Crippen LogP contribution is 2.40. The zero-order valence-electron chi connectivity index (χ0n) is 13.2. The maximum absolute atomic E-state index is 11.9. The molecule has 1 aromatic carbocycles. The number of carbonyl (C=O) groups excluding carboxylic acids is 1. The van der Waals surface area contributed by atoms with Gasteiger partial charge in [-0.2, -0.15) is 0 Å². The maximum Gasteiger partial charge on any atom is 0.313 e. The van der Waals surface area contributed by atoms with Crippen molar-refractivity contribution in [1.82, 2.24) is 0 Å². The van der Waals surface area contributed by atoms with Crippen LogP contribution in [0.25, 0.3) is 0 Å². The first-order chi connectivity index (χ1) is 9.09. The molecule has 0 aliphatic rings. The topological polar surface area (TPSA) is 52.3 Å². The molecule has 0 amide bonds. The number of rotatable bonds is 4. The van der Waals surface area contributed by atoms with Crippen molar-refractivity contribution in [2.75, 3.05) is 7.11 Å². The predicted molar refractivity (Wildman–Crippen MR) is 84.8 cm³/mol. The number of benzene rings is 1. The van der Waals surface area contributed by atoms with Gasteiger partial charge in [-0.25, -0.2) is 0 Å². The van der Waals surface area contributed by atoms with Crippen LogP contribution in [0.5, 0.6) is 0 Å². The Morgan fingerprint density at radius 1 is 1.20 bits per heavy atom. The summed E-state index contributed by atoms with van der Waals surface area (Å²) in [6.07, 6.45) is 0. The third-order valence-corrected chi connectivity index (χ3v) is 4.36. The second kappa shape index (κ2) is 6.19. The SMILES string of the molecule is COC(=O)C(C)(C)[C@@H](N)c1ccccc1SC(C)(C)C. The van der Waals surface area contributed by atoms with E-state index in [4.69, 9.17) is 10.5 Å². The Labute approximate surface area is 126 Å². The Hall–Kier alpha value is -1.00. The van der Waals surface area contributed by atoms with Gasteiger partial charge < -0.3 is 10.5 Å². The lowest BCUT2D eigenvalue weighted by molar-refractivity contribution is -0.152. The van der Waals surface area contributed by atoms with E-state index in [1.165, 1.54) is 7.11 Å². The fourth-order valence-electron chi connectivity index (χ4n) is 1.94. The fourth-order valence-corrected chi connectivity index (χ4v) is 3.06. The minimum absolute atomic E-state index is 0.0885. The molecule has 3 nitrogen and oxygen atoms in total. The molecular formula is C16H25NO2S. The molecule has 0 radical (unpaired) electrons. The highest BCUT2D eigenvalue weighted by atomic mass is 32.2. The Balaban J connectivity index is 3.16. The Bertz CT molecular complexity index is 478. The van der Waals surface area contributed by atoms with E-state index in [9.17, 15) is 4.79 Å². The van der Waals surface area contributed by atoms with E-state index in [1.807, 2.05) is 32.0 Å². The van der Waals surface area contributed by atoms with Gasteiger partial charge in [0.1, 0.15) is 0 Å². The van der Waals surface area contributed by atoms with Crippen LogP contribution in [0.3, 0.4) is 0 Å².